The van der Waals surface area contributed by atoms with E-state index in [0.29, 0.717) is 5.41 Å². The number of hydrogen-bond donors (Lipinski definition) is 0. The third-order valence-electron chi connectivity index (χ3n) is 1.96. The van der Waals surface area contributed by atoms with Crippen LogP contribution in [0.4, 0.5) is 0 Å². The molecule has 0 bridgehead atoms. The van der Waals surface area contributed by atoms with Crippen molar-refractivity contribution < 1.29 is 0 Å². The van der Waals surface area contributed by atoms with E-state index in [9.17, 15) is 0 Å². The summed E-state index contributed by atoms with van der Waals surface area (Å²) in [4.78, 5) is 0. The van der Waals surface area contributed by atoms with Crippen molar-refractivity contribution in [2.75, 3.05) is 0 Å². The fourth-order valence-electron chi connectivity index (χ4n) is 1.21. The number of rotatable bonds is 5. The predicted octanol–water partition coefficient (Wildman–Crippen LogP) is 3.63. The van der Waals surface area contributed by atoms with Gasteiger partial charge in [0.1, 0.15) is 0 Å². The summed E-state index contributed by atoms with van der Waals surface area (Å²) in [7, 11) is 0. The first-order valence-corrected chi connectivity index (χ1v) is 4.21. The van der Waals surface area contributed by atoms with Crippen molar-refractivity contribution in [1.82, 2.24) is 0 Å². The van der Waals surface area contributed by atoms with Crippen molar-refractivity contribution in [2.45, 2.75) is 46.0 Å². The second-order valence-electron chi connectivity index (χ2n) is 3.72. The zero-order chi connectivity index (χ0) is 8.04. The van der Waals surface area contributed by atoms with Crippen LogP contribution in [0, 0.1) is 19.3 Å². The smallest absolute Gasteiger partial charge is 0.0354 e. The van der Waals surface area contributed by atoms with Gasteiger partial charge >= 0.3 is 0 Å². The molecule has 0 saturated heterocycles. The first kappa shape index (κ1) is 10.0. The van der Waals surface area contributed by atoms with E-state index in [0.717, 1.165) is 12.8 Å². The van der Waals surface area contributed by atoms with Gasteiger partial charge < -0.3 is 0 Å². The van der Waals surface area contributed by atoms with E-state index >= 15 is 0 Å². The molecule has 0 aliphatic carbocycles. The van der Waals surface area contributed by atoms with Crippen molar-refractivity contribution in [3.05, 3.63) is 13.8 Å². The van der Waals surface area contributed by atoms with Gasteiger partial charge in [-0.25, -0.2) is 0 Å². The molecule has 0 aromatic carbocycles. The zero-order valence-corrected chi connectivity index (χ0v) is 7.45. The maximum absolute atomic E-state index is 3.86. The average Bonchev–Trinajstić information content (AvgIpc) is 1.84. The van der Waals surface area contributed by atoms with Crippen LogP contribution in [0.15, 0.2) is 0 Å². The molecule has 0 heterocycles. The Hall–Kier alpha value is 0. The van der Waals surface area contributed by atoms with Crippen LogP contribution in [-0.2, 0) is 0 Å². The molecule has 0 amide bonds. The molecule has 0 aromatic heterocycles. The minimum absolute atomic E-state index is 0.499. The molecule has 10 heavy (non-hydrogen) atoms. The molecule has 2 radical (unpaired) electrons. The van der Waals surface area contributed by atoms with Gasteiger partial charge in [-0.2, -0.15) is 0 Å². The van der Waals surface area contributed by atoms with Crippen molar-refractivity contribution in [1.29, 1.82) is 0 Å². The van der Waals surface area contributed by atoms with Crippen LogP contribution < -0.4 is 0 Å². The highest BCUT2D eigenvalue weighted by Crippen LogP contribution is 2.28. The maximum atomic E-state index is 3.86. The lowest BCUT2D eigenvalue weighted by Crippen LogP contribution is -2.09. The van der Waals surface area contributed by atoms with Crippen LogP contribution >= 0.6 is 0 Å². The molecule has 0 aromatic rings. The summed E-state index contributed by atoms with van der Waals surface area (Å²) in [5, 5.41) is 0. The monoisotopic (exact) mass is 140 g/mol. The SMILES string of the molecule is [CH2]CCCC(C)(C)CC[CH2]. The lowest BCUT2D eigenvalue weighted by Gasteiger charge is -2.23. The molecular formula is C10H20. The summed E-state index contributed by atoms with van der Waals surface area (Å²) in [6.45, 7) is 12.3. The van der Waals surface area contributed by atoms with Crippen LogP contribution in [0.2, 0.25) is 0 Å². The van der Waals surface area contributed by atoms with Gasteiger partial charge in [0.05, 0.1) is 0 Å². The van der Waals surface area contributed by atoms with Gasteiger partial charge in [0.25, 0.3) is 0 Å². The van der Waals surface area contributed by atoms with E-state index in [1.165, 1.54) is 19.3 Å². The van der Waals surface area contributed by atoms with E-state index in [4.69, 9.17) is 0 Å². The van der Waals surface area contributed by atoms with Crippen molar-refractivity contribution in [3.8, 4) is 0 Å². The van der Waals surface area contributed by atoms with E-state index in [-0.39, 0.29) is 0 Å². The minimum atomic E-state index is 0.499. The van der Waals surface area contributed by atoms with Gasteiger partial charge in [-0.3, -0.25) is 0 Å². The summed E-state index contributed by atoms with van der Waals surface area (Å²) in [6, 6.07) is 0. The molecule has 0 aliphatic rings. The molecule has 60 valence electrons. The van der Waals surface area contributed by atoms with E-state index in [1.807, 2.05) is 0 Å². The zero-order valence-electron chi connectivity index (χ0n) is 7.45. The average molecular weight is 140 g/mol. The van der Waals surface area contributed by atoms with Gasteiger partial charge in [-0.05, 0) is 18.3 Å². The topological polar surface area (TPSA) is 0 Å². The Labute approximate surface area is 66.0 Å². The lowest BCUT2D eigenvalue weighted by molar-refractivity contribution is 0.302. The van der Waals surface area contributed by atoms with Gasteiger partial charge in [0, 0.05) is 0 Å². The van der Waals surface area contributed by atoms with Gasteiger partial charge in [0.15, 0.2) is 0 Å². The first-order chi connectivity index (χ1) is 4.62. The molecule has 0 nitrogen and oxygen atoms in total. The highest BCUT2D eigenvalue weighted by molar-refractivity contribution is 4.68. The van der Waals surface area contributed by atoms with Crippen molar-refractivity contribution in [3.63, 3.8) is 0 Å². The molecule has 0 fully saturated rings. The van der Waals surface area contributed by atoms with Gasteiger partial charge in [0.2, 0.25) is 0 Å². The molecule has 0 aliphatic heterocycles. The molecule has 0 saturated carbocycles. The van der Waals surface area contributed by atoms with Crippen LogP contribution in [0.25, 0.3) is 0 Å². The Balaban J connectivity index is 3.42. The number of hydrogen-bond acceptors (Lipinski definition) is 0. The quantitative estimate of drug-likeness (QED) is 0.547. The summed E-state index contributed by atoms with van der Waals surface area (Å²) < 4.78 is 0. The van der Waals surface area contributed by atoms with E-state index in [2.05, 4.69) is 27.7 Å². The van der Waals surface area contributed by atoms with Crippen molar-refractivity contribution >= 4 is 0 Å². The molecule has 0 rings (SSSR count). The molecular weight excluding hydrogens is 120 g/mol. The minimum Gasteiger partial charge on any atom is -0.0599 e. The standard InChI is InChI=1S/C10H20/c1-5-7-9-10(3,4)8-6-2/h1-2,5-9H2,3-4H3. The Morgan fingerprint density at radius 1 is 1.00 bits per heavy atom. The summed E-state index contributed by atoms with van der Waals surface area (Å²) in [6.07, 6.45) is 5.93. The molecule has 0 atom stereocenters. The Kier molecular flexibility index (Phi) is 4.76. The Morgan fingerprint density at radius 3 is 2.00 bits per heavy atom. The van der Waals surface area contributed by atoms with Crippen LogP contribution in [-0.4, -0.2) is 0 Å². The fourth-order valence-corrected chi connectivity index (χ4v) is 1.21. The maximum Gasteiger partial charge on any atom is -0.0354 e. The van der Waals surface area contributed by atoms with Crippen LogP contribution in [0.3, 0.4) is 0 Å². The lowest BCUT2D eigenvalue weighted by atomic mass is 9.83. The third kappa shape index (κ3) is 4.84. The predicted molar refractivity (Wildman–Crippen MR) is 47.6 cm³/mol. The largest absolute Gasteiger partial charge is 0.0599 e. The van der Waals surface area contributed by atoms with E-state index < -0.39 is 0 Å². The Bertz CT molecular complexity index is 72.1. The second-order valence-corrected chi connectivity index (χ2v) is 3.72. The number of unbranched alkanes of at least 4 members (excludes halogenated alkanes) is 1. The third-order valence-corrected chi connectivity index (χ3v) is 1.96. The molecule has 0 spiro atoms. The van der Waals surface area contributed by atoms with Crippen molar-refractivity contribution in [2.24, 2.45) is 5.41 Å². The highest BCUT2D eigenvalue weighted by Gasteiger charge is 2.14. The second kappa shape index (κ2) is 4.76. The van der Waals surface area contributed by atoms with Gasteiger partial charge in [-0.15, -0.1) is 0 Å². The molecule has 0 N–H and O–H groups in total. The van der Waals surface area contributed by atoms with E-state index in [1.54, 1.807) is 0 Å². The molecule has 0 unspecified atom stereocenters. The highest BCUT2D eigenvalue weighted by atomic mass is 14.2. The molecule has 0 heteroatoms. The Morgan fingerprint density at radius 2 is 1.60 bits per heavy atom. The summed E-state index contributed by atoms with van der Waals surface area (Å²) in [5.74, 6) is 0. The first-order valence-electron chi connectivity index (χ1n) is 4.21. The van der Waals surface area contributed by atoms with Crippen LogP contribution in [0.1, 0.15) is 46.0 Å². The van der Waals surface area contributed by atoms with Crippen LogP contribution in [0.5, 0.6) is 0 Å². The fraction of sp³-hybridized carbons (Fsp3) is 0.800. The normalized spacial score (nSPS) is 12.0. The summed E-state index contributed by atoms with van der Waals surface area (Å²) >= 11 is 0. The van der Waals surface area contributed by atoms with Gasteiger partial charge in [-0.1, -0.05) is 47.0 Å². The summed E-state index contributed by atoms with van der Waals surface area (Å²) in [5.41, 5.74) is 0.499.